The minimum absolute atomic E-state index is 0.257. The molecule has 5 aromatic carbocycles. The molecule has 2 aromatic heterocycles. The van der Waals surface area contributed by atoms with Crippen LogP contribution in [0.15, 0.2) is 138 Å². The van der Waals surface area contributed by atoms with Crippen molar-refractivity contribution in [3.05, 3.63) is 138 Å². The van der Waals surface area contributed by atoms with E-state index in [0.717, 1.165) is 4.48 Å². The van der Waals surface area contributed by atoms with E-state index >= 15 is 0 Å². The van der Waals surface area contributed by atoms with Crippen LogP contribution in [-0.2, 0) is 0 Å². The lowest BCUT2D eigenvalue weighted by Gasteiger charge is -2.25. The molecule has 0 fully saturated rings. The summed E-state index contributed by atoms with van der Waals surface area (Å²) in [7, 11) is 0. The van der Waals surface area contributed by atoms with Crippen molar-refractivity contribution in [1.29, 1.82) is 0 Å². The Kier molecular flexibility index (Phi) is 5.36. The first-order valence-corrected chi connectivity index (χ1v) is 14.6. The van der Waals surface area contributed by atoms with Crippen molar-refractivity contribution in [2.24, 2.45) is 5.92 Å². The SMILES string of the molecule is CC1C=CC(Br)=CC1n1c2ccccc2c2cc(-c3ccc4c(c3)c3ccccc3n4-c3ccccc3)ccc21. The van der Waals surface area contributed by atoms with E-state index in [4.69, 9.17) is 0 Å². The molecule has 0 radical (unpaired) electrons. The second-order valence-electron chi connectivity index (χ2n) is 10.8. The number of hydrogen-bond acceptors (Lipinski definition) is 0. The molecule has 0 amide bonds. The molecule has 192 valence electrons. The number of aromatic nitrogens is 2. The fourth-order valence-corrected chi connectivity index (χ4v) is 6.97. The molecule has 7 aromatic rings. The summed E-state index contributed by atoms with van der Waals surface area (Å²) in [6.07, 6.45) is 6.80. The summed E-state index contributed by atoms with van der Waals surface area (Å²) >= 11 is 3.72. The van der Waals surface area contributed by atoms with E-state index in [0.29, 0.717) is 5.92 Å². The quantitative estimate of drug-likeness (QED) is 0.197. The van der Waals surface area contributed by atoms with Crippen molar-refractivity contribution in [2.75, 3.05) is 0 Å². The Morgan fingerprint density at radius 3 is 1.88 bits per heavy atom. The molecule has 2 nitrogen and oxygen atoms in total. The van der Waals surface area contributed by atoms with Crippen molar-refractivity contribution in [1.82, 2.24) is 9.13 Å². The van der Waals surface area contributed by atoms with Gasteiger partial charge in [0.15, 0.2) is 0 Å². The molecule has 0 N–H and O–H groups in total. The Morgan fingerprint density at radius 2 is 1.12 bits per heavy atom. The van der Waals surface area contributed by atoms with Crippen molar-refractivity contribution in [3.8, 4) is 16.8 Å². The maximum Gasteiger partial charge on any atom is 0.0596 e. The Balaban J connectivity index is 1.34. The summed E-state index contributed by atoms with van der Waals surface area (Å²) in [6.45, 7) is 2.30. The average Bonchev–Trinajstić information content (AvgIpc) is 3.51. The zero-order valence-electron chi connectivity index (χ0n) is 22.1. The first kappa shape index (κ1) is 23.5. The summed E-state index contributed by atoms with van der Waals surface area (Å²) in [6, 6.07) is 42.4. The Hall–Kier alpha value is -4.34. The van der Waals surface area contributed by atoms with E-state index in [1.807, 2.05) is 0 Å². The molecule has 0 spiro atoms. The molecule has 2 unspecified atom stereocenters. The van der Waals surface area contributed by atoms with Crippen LogP contribution in [0.4, 0.5) is 0 Å². The topological polar surface area (TPSA) is 9.86 Å². The van der Waals surface area contributed by atoms with Crippen LogP contribution in [-0.4, -0.2) is 9.13 Å². The smallest absolute Gasteiger partial charge is 0.0596 e. The lowest BCUT2D eigenvalue weighted by molar-refractivity contribution is 0.509. The number of nitrogens with zero attached hydrogens (tertiary/aromatic N) is 2. The minimum Gasteiger partial charge on any atom is -0.333 e. The van der Waals surface area contributed by atoms with E-state index < -0.39 is 0 Å². The largest absolute Gasteiger partial charge is 0.333 e. The number of fused-ring (bicyclic) bond motifs is 6. The first-order valence-electron chi connectivity index (χ1n) is 13.8. The summed E-state index contributed by atoms with van der Waals surface area (Å²) in [4.78, 5) is 0. The van der Waals surface area contributed by atoms with Gasteiger partial charge in [0.2, 0.25) is 0 Å². The molecular weight excluding hydrogens is 552 g/mol. The fraction of sp³-hybridized carbons (Fsp3) is 0.0811. The second kappa shape index (κ2) is 9.11. The predicted octanol–water partition coefficient (Wildman–Crippen LogP) is 10.6. The molecule has 1 aliphatic rings. The maximum atomic E-state index is 3.72. The third kappa shape index (κ3) is 3.54. The van der Waals surface area contributed by atoms with Gasteiger partial charge in [-0.25, -0.2) is 0 Å². The Morgan fingerprint density at radius 1 is 0.575 bits per heavy atom. The molecule has 0 bridgehead atoms. The maximum absolute atomic E-state index is 3.72. The van der Waals surface area contributed by atoms with Gasteiger partial charge >= 0.3 is 0 Å². The van der Waals surface area contributed by atoms with Crippen LogP contribution < -0.4 is 0 Å². The number of allylic oxidation sites excluding steroid dienone is 4. The number of rotatable bonds is 3. The zero-order valence-corrected chi connectivity index (χ0v) is 23.7. The van der Waals surface area contributed by atoms with Gasteiger partial charge < -0.3 is 9.13 Å². The molecular formula is C37H27BrN2. The third-order valence-corrected chi connectivity index (χ3v) is 8.98. The first-order chi connectivity index (χ1) is 19.7. The van der Waals surface area contributed by atoms with Gasteiger partial charge in [-0.2, -0.15) is 0 Å². The Labute approximate surface area is 241 Å². The summed E-state index contributed by atoms with van der Waals surface area (Å²) in [5.41, 5.74) is 8.67. The van der Waals surface area contributed by atoms with Crippen LogP contribution in [0, 0.1) is 5.92 Å². The van der Waals surface area contributed by atoms with Crippen LogP contribution in [0.1, 0.15) is 13.0 Å². The van der Waals surface area contributed by atoms with Crippen molar-refractivity contribution < 1.29 is 0 Å². The van der Waals surface area contributed by atoms with Gasteiger partial charge in [-0.05, 0) is 71.7 Å². The third-order valence-electron chi connectivity index (χ3n) is 8.46. The van der Waals surface area contributed by atoms with Gasteiger partial charge in [0.25, 0.3) is 0 Å². The Bertz CT molecular complexity index is 2140. The summed E-state index contributed by atoms with van der Waals surface area (Å²) in [5.74, 6) is 0.407. The van der Waals surface area contributed by atoms with Crippen molar-refractivity contribution in [2.45, 2.75) is 13.0 Å². The summed E-state index contributed by atoms with van der Waals surface area (Å²) in [5, 5.41) is 5.15. The van der Waals surface area contributed by atoms with Crippen molar-refractivity contribution >= 4 is 59.5 Å². The molecule has 0 saturated carbocycles. The zero-order chi connectivity index (χ0) is 26.8. The highest BCUT2D eigenvalue weighted by molar-refractivity contribution is 9.11. The molecule has 3 heteroatoms. The lowest BCUT2D eigenvalue weighted by atomic mass is 9.96. The normalized spacial score (nSPS) is 17.3. The van der Waals surface area contributed by atoms with Crippen LogP contribution in [0.3, 0.4) is 0 Å². The number of benzene rings is 5. The van der Waals surface area contributed by atoms with Gasteiger partial charge in [-0.15, -0.1) is 0 Å². The average molecular weight is 580 g/mol. The number of halogens is 1. The number of para-hydroxylation sites is 3. The highest BCUT2D eigenvalue weighted by atomic mass is 79.9. The molecule has 0 saturated heterocycles. The van der Waals surface area contributed by atoms with Gasteiger partial charge in [0.1, 0.15) is 0 Å². The highest BCUT2D eigenvalue weighted by Gasteiger charge is 2.23. The van der Waals surface area contributed by atoms with Gasteiger partial charge in [-0.1, -0.05) is 102 Å². The standard InChI is InChI=1S/C37H27BrN2/c1-24-15-18-27(38)23-37(24)40-34-14-8-6-12-30(34)32-22-26(17-20-36(32)40)25-16-19-35-31(21-25)29-11-5-7-13-33(29)39(35)28-9-3-2-4-10-28/h2-24,37H,1H3. The number of hydrogen-bond donors (Lipinski definition) is 0. The predicted molar refractivity (Wildman–Crippen MR) is 174 cm³/mol. The summed E-state index contributed by atoms with van der Waals surface area (Å²) < 4.78 is 6.03. The molecule has 1 aliphatic carbocycles. The molecule has 0 aliphatic heterocycles. The van der Waals surface area contributed by atoms with Crippen LogP contribution >= 0.6 is 15.9 Å². The van der Waals surface area contributed by atoms with Crippen LogP contribution in [0.2, 0.25) is 0 Å². The van der Waals surface area contributed by atoms with E-state index in [-0.39, 0.29) is 6.04 Å². The van der Waals surface area contributed by atoms with Crippen LogP contribution in [0.5, 0.6) is 0 Å². The van der Waals surface area contributed by atoms with Crippen molar-refractivity contribution in [3.63, 3.8) is 0 Å². The van der Waals surface area contributed by atoms with Crippen LogP contribution in [0.25, 0.3) is 60.4 Å². The lowest BCUT2D eigenvalue weighted by Crippen LogP contribution is -2.15. The highest BCUT2D eigenvalue weighted by Crippen LogP contribution is 2.40. The molecule has 2 atom stereocenters. The minimum atomic E-state index is 0.257. The molecule has 8 rings (SSSR count). The van der Waals surface area contributed by atoms with E-state index in [9.17, 15) is 0 Å². The monoisotopic (exact) mass is 578 g/mol. The van der Waals surface area contributed by atoms with E-state index in [1.54, 1.807) is 0 Å². The molecule has 40 heavy (non-hydrogen) atoms. The van der Waals surface area contributed by atoms with E-state index in [1.165, 1.54) is 60.4 Å². The van der Waals surface area contributed by atoms with Gasteiger partial charge in [0.05, 0.1) is 17.1 Å². The fourth-order valence-electron chi connectivity index (χ4n) is 6.55. The molecule has 2 heterocycles. The van der Waals surface area contributed by atoms with E-state index in [2.05, 4.69) is 165 Å². The van der Waals surface area contributed by atoms with Gasteiger partial charge in [-0.3, -0.25) is 0 Å². The van der Waals surface area contributed by atoms with Gasteiger partial charge in [0, 0.05) is 42.7 Å². The second-order valence-corrected chi connectivity index (χ2v) is 11.7.